The molecule has 1 amide bonds. The van der Waals surface area contributed by atoms with Gasteiger partial charge >= 0.3 is 5.97 Å². The van der Waals surface area contributed by atoms with Gasteiger partial charge in [0.1, 0.15) is 11.4 Å². The molecule has 1 saturated heterocycles. The van der Waals surface area contributed by atoms with E-state index in [0.717, 1.165) is 11.4 Å². The number of amides is 1. The monoisotopic (exact) mass is 461 g/mol. The van der Waals surface area contributed by atoms with Gasteiger partial charge < -0.3 is 24.6 Å². The van der Waals surface area contributed by atoms with Crippen LogP contribution >= 0.6 is 23.2 Å². The van der Waals surface area contributed by atoms with Crippen LogP contribution in [0.15, 0.2) is 36.4 Å². The summed E-state index contributed by atoms with van der Waals surface area (Å²) in [7, 11) is 1.60. The van der Waals surface area contributed by atoms with Crippen molar-refractivity contribution in [2.75, 3.05) is 38.2 Å². The maximum Gasteiger partial charge on any atom is 0.352 e. The van der Waals surface area contributed by atoms with Crippen LogP contribution in [0, 0.1) is 0 Å². The normalized spacial score (nSPS) is 14.2. The van der Waals surface area contributed by atoms with Crippen LogP contribution in [0.5, 0.6) is 5.75 Å². The lowest BCUT2D eigenvalue weighted by Gasteiger charge is -2.36. The maximum absolute atomic E-state index is 13.0. The van der Waals surface area contributed by atoms with E-state index in [1.165, 1.54) is 0 Å². The predicted molar refractivity (Wildman–Crippen MR) is 121 cm³/mol. The van der Waals surface area contributed by atoms with Gasteiger partial charge in [0, 0.05) is 53.7 Å². The Hall–Kier alpha value is -2.90. The molecule has 0 bridgehead atoms. The van der Waals surface area contributed by atoms with Gasteiger partial charge in [-0.1, -0.05) is 23.2 Å². The highest BCUT2D eigenvalue weighted by Crippen LogP contribution is 2.31. The highest BCUT2D eigenvalue weighted by atomic mass is 35.5. The van der Waals surface area contributed by atoms with Crippen molar-refractivity contribution < 1.29 is 19.4 Å². The molecule has 1 aliphatic heterocycles. The summed E-state index contributed by atoms with van der Waals surface area (Å²) >= 11 is 12.4. The summed E-state index contributed by atoms with van der Waals surface area (Å²) in [6.45, 7) is 2.25. The van der Waals surface area contributed by atoms with Crippen molar-refractivity contribution in [2.24, 2.45) is 0 Å². The Kier molecular flexibility index (Phi) is 5.98. The van der Waals surface area contributed by atoms with Crippen molar-refractivity contribution in [3.63, 3.8) is 0 Å². The van der Waals surface area contributed by atoms with Crippen molar-refractivity contribution in [1.82, 2.24) is 9.88 Å². The van der Waals surface area contributed by atoms with E-state index in [1.807, 2.05) is 6.07 Å². The molecule has 2 N–H and O–H groups in total. The second-order valence-electron chi connectivity index (χ2n) is 7.34. The number of ether oxygens (including phenoxy) is 1. The Balaban J connectivity index is 1.50. The second kappa shape index (κ2) is 8.69. The van der Waals surface area contributed by atoms with Crippen molar-refractivity contribution in [2.45, 2.75) is 6.42 Å². The number of carboxylic acid groups (broad SMARTS) is 1. The largest absolute Gasteiger partial charge is 0.497 e. The van der Waals surface area contributed by atoms with Gasteiger partial charge in [-0.15, -0.1) is 0 Å². The number of hydrogen-bond acceptors (Lipinski definition) is 4. The molecule has 1 aliphatic rings. The smallest absolute Gasteiger partial charge is 0.352 e. The minimum atomic E-state index is -1.10. The number of nitrogens with zero attached hydrogens (tertiary/aromatic N) is 2. The highest BCUT2D eigenvalue weighted by Gasteiger charge is 2.26. The highest BCUT2D eigenvalue weighted by molar-refractivity contribution is 6.33. The molecule has 1 aromatic heterocycles. The van der Waals surface area contributed by atoms with E-state index in [0.29, 0.717) is 52.7 Å². The molecular weight excluding hydrogens is 441 g/mol. The molecule has 162 valence electrons. The van der Waals surface area contributed by atoms with Crippen molar-refractivity contribution in [3.05, 3.63) is 57.7 Å². The van der Waals surface area contributed by atoms with Gasteiger partial charge in [0.15, 0.2) is 0 Å². The molecule has 2 heterocycles. The topological polar surface area (TPSA) is 85.9 Å². The molecular formula is C22H21Cl2N3O4. The molecule has 7 nitrogen and oxygen atoms in total. The van der Waals surface area contributed by atoms with Gasteiger partial charge in [0.2, 0.25) is 5.91 Å². The van der Waals surface area contributed by atoms with Gasteiger partial charge in [0.25, 0.3) is 0 Å². The van der Waals surface area contributed by atoms with Crippen LogP contribution in [0.2, 0.25) is 10.0 Å². The quantitative estimate of drug-likeness (QED) is 0.597. The number of methoxy groups -OCH3 is 1. The van der Waals surface area contributed by atoms with Crippen LogP contribution in [0.1, 0.15) is 16.1 Å². The number of H-pyrrole nitrogens is 1. The van der Waals surface area contributed by atoms with E-state index in [4.69, 9.17) is 27.9 Å². The molecule has 0 aliphatic carbocycles. The third-order valence-corrected chi connectivity index (χ3v) is 6.09. The summed E-state index contributed by atoms with van der Waals surface area (Å²) in [5, 5.41) is 11.3. The minimum Gasteiger partial charge on any atom is -0.497 e. The Morgan fingerprint density at radius 3 is 2.52 bits per heavy atom. The van der Waals surface area contributed by atoms with E-state index in [1.54, 1.807) is 42.3 Å². The van der Waals surface area contributed by atoms with Crippen LogP contribution < -0.4 is 9.64 Å². The number of carboxylic acids is 1. The molecule has 0 unspecified atom stereocenters. The summed E-state index contributed by atoms with van der Waals surface area (Å²) in [5.41, 5.74) is 1.98. The molecule has 9 heteroatoms. The van der Waals surface area contributed by atoms with E-state index in [-0.39, 0.29) is 18.0 Å². The van der Waals surface area contributed by atoms with Crippen molar-refractivity contribution in [1.29, 1.82) is 0 Å². The van der Waals surface area contributed by atoms with Crippen molar-refractivity contribution in [3.8, 4) is 5.75 Å². The van der Waals surface area contributed by atoms with Gasteiger partial charge in [-0.2, -0.15) is 0 Å². The number of hydrogen-bond donors (Lipinski definition) is 2. The molecule has 0 radical (unpaired) electrons. The lowest BCUT2D eigenvalue weighted by atomic mass is 10.1. The Bertz CT molecular complexity index is 1150. The first-order valence-corrected chi connectivity index (χ1v) is 10.5. The molecule has 1 fully saturated rings. The van der Waals surface area contributed by atoms with E-state index >= 15 is 0 Å². The first-order valence-electron chi connectivity index (χ1n) is 9.77. The third kappa shape index (κ3) is 4.29. The fraction of sp³-hybridized carbons (Fsp3) is 0.273. The zero-order valence-electron chi connectivity index (χ0n) is 16.8. The number of nitrogens with one attached hydrogen (secondary N) is 1. The minimum absolute atomic E-state index is 0.0120. The molecule has 0 atom stereocenters. The van der Waals surface area contributed by atoms with Gasteiger partial charge in [-0.25, -0.2) is 4.79 Å². The Morgan fingerprint density at radius 2 is 1.84 bits per heavy atom. The number of aromatic amines is 1. The molecule has 31 heavy (non-hydrogen) atoms. The first kappa shape index (κ1) is 21.3. The summed E-state index contributed by atoms with van der Waals surface area (Å²) < 4.78 is 5.28. The number of anilines is 1. The summed E-state index contributed by atoms with van der Waals surface area (Å²) in [4.78, 5) is 31.4. The molecule has 2 aromatic carbocycles. The summed E-state index contributed by atoms with van der Waals surface area (Å²) in [6, 6.07) is 10.6. The van der Waals surface area contributed by atoms with E-state index in [9.17, 15) is 14.7 Å². The number of aromatic carboxylic acids is 1. The van der Waals surface area contributed by atoms with E-state index < -0.39 is 5.97 Å². The van der Waals surface area contributed by atoms with Crippen LogP contribution in [-0.4, -0.2) is 60.2 Å². The number of rotatable bonds is 5. The molecule has 4 rings (SSSR count). The number of aromatic nitrogens is 1. The zero-order valence-corrected chi connectivity index (χ0v) is 18.3. The lowest BCUT2D eigenvalue weighted by Crippen LogP contribution is -2.49. The standard InChI is InChI=1S/C22H21Cl2N3O4/c1-31-14-3-4-17(24)19(11-14)26-6-8-27(9-7-26)20(28)12-16-15-10-13(23)2-5-18(15)25-21(16)22(29)30/h2-5,10-11,25H,6-9,12H2,1H3,(H,29,30). The SMILES string of the molecule is COc1ccc(Cl)c(N2CCN(C(=O)Cc3c(C(=O)O)[nH]c4ccc(Cl)cc34)CC2)c1. The number of carbonyl (C=O) groups is 2. The number of piperazine rings is 1. The maximum atomic E-state index is 13.0. The van der Waals surface area contributed by atoms with Gasteiger partial charge in [-0.3, -0.25) is 4.79 Å². The van der Waals surface area contributed by atoms with Crippen LogP contribution in [-0.2, 0) is 11.2 Å². The second-order valence-corrected chi connectivity index (χ2v) is 8.18. The van der Waals surface area contributed by atoms with Crippen LogP contribution in [0.4, 0.5) is 5.69 Å². The average molecular weight is 462 g/mol. The van der Waals surface area contributed by atoms with Gasteiger partial charge in [-0.05, 0) is 30.3 Å². The first-order chi connectivity index (χ1) is 14.9. The Labute approximate surface area is 189 Å². The average Bonchev–Trinajstić information content (AvgIpc) is 3.12. The number of fused-ring (bicyclic) bond motifs is 1. The van der Waals surface area contributed by atoms with Crippen LogP contribution in [0.25, 0.3) is 10.9 Å². The number of carbonyl (C=O) groups excluding carboxylic acids is 1. The number of benzene rings is 2. The molecule has 3 aromatic rings. The fourth-order valence-corrected chi connectivity index (χ4v) is 4.32. The summed E-state index contributed by atoms with van der Waals surface area (Å²) in [5.74, 6) is -0.510. The molecule has 0 saturated carbocycles. The lowest BCUT2D eigenvalue weighted by molar-refractivity contribution is -0.130. The fourth-order valence-electron chi connectivity index (χ4n) is 3.91. The van der Waals surface area contributed by atoms with Gasteiger partial charge in [0.05, 0.1) is 24.2 Å². The Morgan fingerprint density at radius 1 is 1.10 bits per heavy atom. The third-order valence-electron chi connectivity index (χ3n) is 5.54. The number of halogens is 2. The summed E-state index contributed by atoms with van der Waals surface area (Å²) in [6.07, 6.45) is -0.0120. The van der Waals surface area contributed by atoms with Crippen LogP contribution in [0.3, 0.4) is 0 Å². The predicted octanol–water partition coefficient (Wildman–Crippen LogP) is 4.07. The molecule has 0 spiro atoms. The van der Waals surface area contributed by atoms with E-state index in [2.05, 4.69) is 9.88 Å². The van der Waals surface area contributed by atoms with Crippen molar-refractivity contribution >= 4 is 51.7 Å². The zero-order chi connectivity index (χ0) is 22.1.